The van der Waals surface area contributed by atoms with Gasteiger partial charge in [-0.25, -0.2) is 0 Å². The molecule has 12 saturated carbocycles. The number of nitro benzene ring substituents is 3. The van der Waals surface area contributed by atoms with E-state index in [2.05, 4.69) is 17.2 Å². The fourth-order valence-corrected chi connectivity index (χ4v) is 14.0. The van der Waals surface area contributed by atoms with Gasteiger partial charge in [0.15, 0.2) is 0 Å². The third-order valence-electron chi connectivity index (χ3n) is 14.3. The zero-order valence-electron chi connectivity index (χ0n) is 39.0. The van der Waals surface area contributed by atoms with Crippen molar-refractivity contribution in [1.29, 1.82) is 0 Å². The molecular formula is C42H76N6O14S3. The van der Waals surface area contributed by atoms with E-state index in [1.165, 1.54) is 57.8 Å². The van der Waals surface area contributed by atoms with Gasteiger partial charge in [0.1, 0.15) is 0 Å². The van der Waals surface area contributed by atoms with E-state index in [0.29, 0.717) is 16.6 Å². The zero-order chi connectivity index (χ0) is 47.4. The second-order valence-corrected chi connectivity index (χ2v) is 25.7. The number of hydrogen-bond acceptors (Lipinski definition) is 12. The van der Waals surface area contributed by atoms with Gasteiger partial charge in [-0.3, -0.25) is 43.0 Å². The Morgan fingerprint density at radius 2 is 0.492 bits per heavy atom. The maximum absolute atomic E-state index is 11.2. The molecule has 1 aromatic carbocycles. The van der Waals surface area contributed by atoms with Crippen molar-refractivity contribution in [3.63, 3.8) is 0 Å². The highest BCUT2D eigenvalue weighted by atomic mass is 32.2. The van der Waals surface area contributed by atoms with Crippen molar-refractivity contribution in [2.45, 2.75) is 132 Å². The minimum Gasteiger partial charge on any atom is -0.863 e. The molecule has 0 aliphatic heterocycles. The highest BCUT2D eigenvalue weighted by molar-refractivity contribution is 7.83. The van der Waals surface area contributed by atoms with Crippen LogP contribution in [0.4, 0.5) is 17.1 Å². The highest BCUT2D eigenvalue weighted by Gasteiger charge is 2.53. The summed E-state index contributed by atoms with van der Waals surface area (Å²) in [4.78, 5) is 26.3. The maximum atomic E-state index is 11.2. The molecular weight excluding hydrogens is 909 g/mol. The monoisotopic (exact) mass is 984 g/mol. The fraction of sp³-hybridized carbons (Fsp3) is 0.857. The van der Waals surface area contributed by atoms with Gasteiger partial charge in [-0.2, -0.15) is 0 Å². The first-order valence-electron chi connectivity index (χ1n) is 22.1. The molecule has 1 aromatic rings. The molecule has 376 valence electrons. The normalized spacial score (nSPS) is 35.0. The molecule has 12 bridgehead atoms. The first-order valence-corrected chi connectivity index (χ1v) is 28.0. The lowest BCUT2D eigenvalue weighted by atomic mass is 9.53. The molecule has 0 unspecified atom stereocenters. The van der Waals surface area contributed by atoms with Gasteiger partial charge in [0, 0.05) is 128 Å². The van der Waals surface area contributed by atoms with Crippen molar-refractivity contribution >= 4 is 49.5 Å². The van der Waals surface area contributed by atoms with Crippen LogP contribution < -0.4 is 32.5 Å². The van der Waals surface area contributed by atoms with E-state index in [0.717, 1.165) is 53.3 Å². The van der Waals surface area contributed by atoms with Gasteiger partial charge in [0.2, 0.25) is 0 Å². The molecule has 0 radical (unpaired) electrons. The number of benzene rings is 1. The lowest BCUT2D eigenvalue weighted by Gasteiger charge is -2.52. The van der Waals surface area contributed by atoms with Crippen molar-refractivity contribution in [2.75, 3.05) is 37.5 Å². The van der Waals surface area contributed by atoms with Gasteiger partial charge in [-0.15, -0.1) is 0 Å². The maximum Gasteiger partial charge on any atom is 0.267 e. The number of rotatable bonds is 3. The summed E-state index contributed by atoms with van der Waals surface area (Å²) in [6, 6.07) is 0. The van der Waals surface area contributed by atoms with Crippen molar-refractivity contribution in [2.24, 2.45) is 53.3 Å². The Morgan fingerprint density at radius 1 is 0.385 bits per heavy atom. The minimum absolute atomic E-state index is 0. The van der Waals surface area contributed by atoms with Crippen LogP contribution in [-0.4, -0.2) is 92.5 Å². The summed E-state index contributed by atoms with van der Waals surface area (Å²) in [6.45, 7) is 0. The number of nitrogens with zero attached hydrogens (tertiary/aromatic N) is 3. The summed E-state index contributed by atoms with van der Waals surface area (Å²) in [5, 5.41) is 64.6. The van der Waals surface area contributed by atoms with Crippen LogP contribution in [-0.2, 0) is 32.4 Å². The zero-order valence-corrected chi connectivity index (χ0v) is 41.5. The first-order chi connectivity index (χ1) is 29.1. The van der Waals surface area contributed by atoms with E-state index in [-0.39, 0.29) is 11.0 Å². The van der Waals surface area contributed by atoms with Gasteiger partial charge in [-0.1, -0.05) is 0 Å². The van der Waals surface area contributed by atoms with E-state index in [9.17, 15) is 58.3 Å². The summed E-state index contributed by atoms with van der Waals surface area (Å²) in [5.41, 5.74) is 9.25. The molecule has 0 saturated heterocycles. The van der Waals surface area contributed by atoms with Crippen LogP contribution in [0.25, 0.3) is 0 Å². The molecule has 65 heavy (non-hydrogen) atoms. The fourth-order valence-electron chi connectivity index (χ4n) is 14.0. The second-order valence-electron chi connectivity index (χ2n) is 21.3. The molecule has 12 aliphatic carbocycles. The Hall–Kier alpha value is -2.93. The van der Waals surface area contributed by atoms with Crippen molar-refractivity contribution in [3.8, 4) is 17.2 Å². The van der Waals surface area contributed by atoms with Crippen LogP contribution >= 0.6 is 0 Å². The van der Waals surface area contributed by atoms with Crippen LogP contribution in [0, 0.1) is 83.6 Å². The number of nitro groups is 3. The van der Waals surface area contributed by atoms with E-state index in [1.54, 1.807) is 95.3 Å². The van der Waals surface area contributed by atoms with Crippen LogP contribution in [0.15, 0.2) is 0 Å². The largest absolute Gasteiger partial charge is 0.863 e. The third kappa shape index (κ3) is 16.4. The van der Waals surface area contributed by atoms with Crippen LogP contribution in [0.1, 0.15) is 116 Å². The first kappa shape index (κ1) is 58.2. The second kappa shape index (κ2) is 23.9. The molecule has 12 fully saturated rings. The average Bonchev–Trinajstić information content (AvgIpc) is 3.04. The Kier molecular flexibility index (Phi) is 21.4. The summed E-state index contributed by atoms with van der Waals surface area (Å²) < 4.78 is 28.7. The van der Waals surface area contributed by atoms with Crippen molar-refractivity contribution in [1.82, 2.24) is 0 Å². The third-order valence-corrected chi connectivity index (χ3v) is 14.3. The summed E-state index contributed by atoms with van der Waals surface area (Å²) >= 11 is 0. The standard InChI is InChI=1S/3C10H17N.C6H3N3O9.3C2H6OS.2H2O/c3*11-10-4-7-1-8(5-10)3-9(2-7)6-10;10-4-1(7(13)14)5(11)3(9(17)18)6(12)2(4)8(15)16;3*1-4(2)3;;/h3*7-9H,1-6,11H2;10-12H;3*1-2H3;2*1H2. The van der Waals surface area contributed by atoms with Gasteiger partial charge in [0.05, 0.1) is 48.6 Å². The van der Waals surface area contributed by atoms with Gasteiger partial charge < -0.3 is 43.5 Å². The molecule has 23 heteroatoms. The van der Waals surface area contributed by atoms with Crippen LogP contribution in [0.3, 0.4) is 0 Å². The molecule has 0 spiro atoms. The van der Waals surface area contributed by atoms with Gasteiger partial charge in [-0.05, 0) is 111 Å². The summed E-state index contributed by atoms with van der Waals surface area (Å²) in [5.74, 6) is 3.59. The molecule has 0 heterocycles. The van der Waals surface area contributed by atoms with Crippen molar-refractivity contribution < 1.29 is 70.9 Å². The van der Waals surface area contributed by atoms with E-state index >= 15 is 0 Å². The van der Waals surface area contributed by atoms with Gasteiger partial charge in [0.25, 0.3) is 17.1 Å². The average molecular weight is 985 g/mol. The number of quaternary nitrogens is 3. The highest BCUT2D eigenvalue weighted by Crippen LogP contribution is 2.56. The Balaban J connectivity index is 0.000000276. The Bertz CT molecular complexity index is 1560. The molecule has 0 aromatic heterocycles. The van der Waals surface area contributed by atoms with Crippen molar-refractivity contribution in [3.05, 3.63) is 30.3 Å². The smallest absolute Gasteiger partial charge is 0.267 e. The SMILES string of the molecule is CS(C)=O.CS(C)=O.CS(C)=O.O.O.O=[N+]([O-])c1c([O-])c([N+](=O)[O-])c([O-])c([N+](=O)[O-])c1[O-].[NH3+]C12CC3CC(CC(C3)C1)C2.[NH3+]C12CC3CC(CC(C3)C1)C2.[NH3+]C12CC3CC(CC(C3)C1)C2. The predicted octanol–water partition coefficient (Wildman–Crippen LogP) is 0.558. The van der Waals surface area contributed by atoms with E-state index in [1.807, 2.05) is 0 Å². The topological polar surface area (TPSA) is 396 Å². The van der Waals surface area contributed by atoms with Gasteiger partial charge >= 0.3 is 0 Å². The lowest BCUT2D eigenvalue weighted by molar-refractivity contribution is -0.505. The Morgan fingerprint density at radius 3 is 0.569 bits per heavy atom. The predicted molar refractivity (Wildman–Crippen MR) is 243 cm³/mol. The summed E-state index contributed by atoms with van der Waals surface area (Å²) in [6.07, 6.45) is 36.9. The molecule has 13 N–H and O–H groups in total. The molecule has 12 aliphatic rings. The number of hydrogen-bond donors (Lipinski definition) is 3. The molecule has 0 atom stereocenters. The van der Waals surface area contributed by atoms with E-state index in [4.69, 9.17) is 0 Å². The molecule has 13 rings (SSSR count). The minimum atomic E-state index is -2.05. The lowest BCUT2D eigenvalue weighted by Crippen LogP contribution is -2.77. The Labute approximate surface area is 389 Å². The quantitative estimate of drug-likeness (QED) is 0.276. The van der Waals surface area contributed by atoms with E-state index < -0.39 is 81.5 Å². The molecule has 20 nitrogen and oxygen atoms in total. The summed E-state index contributed by atoms with van der Waals surface area (Å²) in [7, 11) is -1.83. The van der Waals surface area contributed by atoms with Crippen LogP contribution in [0.5, 0.6) is 17.2 Å². The molecule has 0 amide bonds. The van der Waals surface area contributed by atoms with Crippen LogP contribution in [0.2, 0.25) is 0 Å².